The van der Waals surface area contributed by atoms with Crippen LogP contribution in [0.5, 0.6) is 0 Å². The number of sulfonamides is 1. The lowest BCUT2D eigenvalue weighted by atomic mass is 10.1. The third kappa shape index (κ3) is 3.37. The van der Waals surface area contributed by atoms with Crippen molar-refractivity contribution in [3.63, 3.8) is 0 Å². The molecule has 0 radical (unpaired) electrons. The monoisotopic (exact) mass is 380 g/mol. The first-order chi connectivity index (χ1) is 12.9. The maximum atomic E-state index is 12.6. The standard InChI is InChI=1S/C20H16N2O4S/c1-13(23)21-14-6-9-16(10-7-14)27(24,25)22-15-8-11-18-17-4-2-3-5-19(17)26-20(18)12-15/h2-12,22H,1H3,(H,21,23). The molecule has 0 aliphatic heterocycles. The van der Waals surface area contributed by atoms with Gasteiger partial charge in [-0.3, -0.25) is 9.52 Å². The highest BCUT2D eigenvalue weighted by molar-refractivity contribution is 7.92. The van der Waals surface area contributed by atoms with Gasteiger partial charge in [0.15, 0.2) is 0 Å². The lowest BCUT2D eigenvalue weighted by molar-refractivity contribution is -0.114. The van der Waals surface area contributed by atoms with Crippen molar-refractivity contribution >= 4 is 49.2 Å². The van der Waals surface area contributed by atoms with E-state index in [2.05, 4.69) is 10.0 Å². The SMILES string of the molecule is CC(=O)Nc1ccc(S(=O)(=O)Nc2ccc3c(c2)oc2ccccc23)cc1. The van der Waals surface area contributed by atoms with Gasteiger partial charge in [-0.2, -0.15) is 0 Å². The van der Waals surface area contributed by atoms with Crippen LogP contribution in [0.3, 0.4) is 0 Å². The van der Waals surface area contributed by atoms with Crippen LogP contribution < -0.4 is 10.0 Å². The molecule has 136 valence electrons. The van der Waals surface area contributed by atoms with Crippen molar-refractivity contribution in [1.29, 1.82) is 0 Å². The fourth-order valence-electron chi connectivity index (χ4n) is 2.92. The van der Waals surface area contributed by atoms with Crippen molar-refractivity contribution in [1.82, 2.24) is 0 Å². The van der Waals surface area contributed by atoms with E-state index in [-0.39, 0.29) is 10.8 Å². The molecule has 6 nitrogen and oxygen atoms in total. The van der Waals surface area contributed by atoms with Gasteiger partial charge < -0.3 is 9.73 Å². The average molecular weight is 380 g/mol. The number of rotatable bonds is 4. The van der Waals surface area contributed by atoms with E-state index in [4.69, 9.17) is 4.42 Å². The summed E-state index contributed by atoms with van der Waals surface area (Å²) >= 11 is 0. The minimum absolute atomic E-state index is 0.0984. The zero-order valence-corrected chi connectivity index (χ0v) is 15.2. The molecule has 0 saturated carbocycles. The van der Waals surface area contributed by atoms with Crippen LogP contribution in [0.4, 0.5) is 11.4 Å². The molecule has 0 saturated heterocycles. The van der Waals surface area contributed by atoms with E-state index in [9.17, 15) is 13.2 Å². The first-order valence-electron chi connectivity index (χ1n) is 8.24. The fraction of sp³-hybridized carbons (Fsp3) is 0.0500. The Hall–Kier alpha value is -3.32. The molecule has 7 heteroatoms. The Kier molecular flexibility index (Phi) is 4.08. The van der Waals surface area contributed by atoms with Crippen molar-refractivity contribution < 1.29 is 17.6 Å². The summed E-state index contributed by atoms with van der Waals surface area (Å²) in [6.45, 7) is 1.39. The minimum atomic E-state index is -3.76. The molecule has 0 unspecified atom stereocenters. The number of benzene rings is 3. The van der Waals surface area contributed by atoms with Gasteiger partial charge in [-0.05, 0) is 42.5 Å². The van der Waals surface area contributed by atoms with E-state index in [0.717, 1.165) is 16.4 Å². The molecule has 0 atom stereocenters. The van der Waals surface area contributed by atoms with Gasteiger partial charge >= 0.3 is 0 Å². The number of hydrogen-bond donors (Lipinski definition) is 2. The second-order valence-corrected chi connectivity index (χ2v) is 7.80. The zero-order valence-electron chi connectivity index (χ0n) is 14.4. The van der Waals surface area contributed by atoms with Crippen LogP contribution in [0.1, 0.15) is 6.92 Å². The lowest BCUT2D eigenvalue weighted by Crippen LogP contribution is -2.13. The third-order valence-corrected chi connectivity index (χ3v) is 5.51. The number of anilines is 2. The Bertz CT molecular complexity index is 1260. The summed E-state index contributed by atoms with van der Waals surface area (Å²) in [6.07, 6.45) is 0. The summed E-state index contributed by atoms with van der Waals surface area (Å²) in [7, 11) is -3.76. The summed E-state index contributed by atoms with van der Waals surface area (Å²) in [6, 6.07) is 18.8. The molecule has 0 bridgehead atoms. The maximum absolute atomic E-state index is 12.6. The molecule has 1 amide bonds. The molecule has 0 fully saturated rings. The van der Waals surface area contributed by atoms with Crippen LogP contribution in [-0.2, 0) is 14.8 Å². The summed E-state index contributed by atoms with van der Waals surface area (Å²) in [5.41, 5.74) is 2.30. The largest absolute Gasteiger partial charge is 0.456 e. The van der Waals surface area contributed by atoms with Crippen molar-refractivity contribution in [2.75, 3.05) is 10.0 Å². The highest BCUT2D eigenvalue weighted by Crippen LogP contribution is 2.31. The highest BCUT2D eigenvalue weighted by atomic mass is 32.2. The van der Waals surface area contributed by atoms with E-state index in [1.54, 1.807) is 24.3 Å². The van der Waals surface area contributed by atoms with Crippen LogP contribution in [0, 0.1) is 0 Å². The van der Waals surface area contributed by atoms with Gasteiger partial charge in [0.05, 0.1) is 10.6 Å². The Morgan fingerprint density at radius 1 is 0.852 bits per heavy atom. The lowest BCUT2D eigenvalue weighted by Gasteiger charge is -2.09. The van der Waals surface area contributed by atoms with Gasteiger partial charge in [0.25, 0.3) is 10.0 Å². The first kappa shape index (κ1) is 17.1. The van der Waals surface area contributed by atoms with Gasteiger partial charge in [0.1, 0.15) is 11.2 Å². The number of carbonyl (C=O) groups is 1. The van der Waals surface area contributed by atoms with Gasteiger partial charge in [-0.1, -0.05) is 18.2 Å². The van der Waals surface area contributed by atoms with E-state index in [1.165, 1.54) is 19.1 Å². The molecule has 2 N–H and O–H groups in total. The number of carbonyl (C=O) groups excluding carboxylic acids is 1. The molecule has 0 aliphatic carbocycles. The molecule has 1 heterocycles. The zero-order chi connectivity index (χ0) is 19.0. The predicted molar refractivity (Wildman–Crippen MR) is 105 cm³/mol. The first-order valence-corrected chi connectivity index (χ1v) is 9.72. The number of para-hydroxylation sites is 1. The number of hydrogen-bond acceptors (Lipinski definition) is 4. The van der Waals surface area contributed by atoms with Crippen LogP contribution in [-0.4, -0.2) is 14.3 Å². The molecule has 4 rings (SSSR count). The smallest absolute Gasteiger partial charge is 0.261 e. The maximum Gasteiger partial charge on any atom is 0.261 e. The topological polar surface area (TPSA) is 88.4 Å². The summed E-state index contributed by atoms with van der Waals surface area (Å²) in [5, 5.41) is 4.51. The average Bonchev–Trinajstić information content (AvgIpc) is 2.99. The number of nitrogens with one attached hydrogen (secondary N) is 2. The van der Waals surface area contributed by atoms with Gasteiger partial charge in [0.2, 0.25) is 5.91 Å². The fourth-order valence-corrected chi connectivity index (χ4v) is 3.97. The predicted octanol–water partition coefficient (Wildman–Crippen LogP) is 4.35. The normalized spacial score (nSPS) is 11.6. The number of amides is 1. The second kappa shape index (κ2) is 6.44. The van der Waals surface area contributed by atoms with Crippen molar-refractivity contribution in [3.05, 3.63) is 66.7 Å². The summed E-state index contributed by atoms with van der Waals surface area (Å²) < 4.78 is 33.6. The van der Waals surface area contributed by atoms with Crippen LogP contribution >= 0.6 is 0 Å². The van der Waals surface area contributed by atoms with E-state index in [1.807, 2.05) is 30.3 Å². The number of furan rings is 1. The second-order valence-electron chi connectivity index (χ2n) is 6.12. The van der Waals surface area contributed by atoms with E-state index >= 15 is 0 Å². The number of fused-ring (bicyclic) bond motifs is 3. The van der Waals surface area contributed by atoms with E-state index < -0.39 is 10.0 Å². The van der Waals surface area contributed by atoms with E-state index in [0.29, 0.717) is 17.0 Å². The molecular weight excluding hydrogens is 364 g/mol. The molecule has 4 aromatic rings. The van der Waals surface area contributed by atoms with Crippen LogP contribution in [0.15, 0.2) is 76.0 Å². The van der Waals surface area contributed by atoms with Crippen molar-refractivity contribution in [2.45, 2.75) is 11.8 Å². The Balaban J connectivity index is 1.63. The molecule has 0 aliphatic rings. The Morgan fingerprint density at radius 3 is 2.26 bits per heavy atom. The van der Waals surface area contributed by atoms with Crippen LogP contribution in [0.2, 0.25) is 0 Å². The van der Waals surface area contributed by atoms with Gasteiger partial charge in [0, 0.05) is 29.4 Å². The van der Waals surface area contributed by atoms with Gasteiger partial charge in [-0.15, -0.1) is 0 Å². The molecular formula is C20H16N2O4S. The minimum Gasteiger partial charge on any atom is -0.456 e. The van der Waals surface area contributed by atoms with Gasteiger partial charge in [-0.25, -0.2) is 8.42 Å². The highest BCUT2D eigenvalue weighted by Gasteiger charge is 2.15. The Labute approximate surface area is 155 Å². The molecule has 0 spiro atoms. The van der Waals surface area contributed by atoms with Crippen molar-refractivity contribution in [2.24, 2.45) is 0 Å². The molecule has 3 aromatic carbocycles. The summed E-state index contributed by atoms with van der Waals surface area (Å²) in [4.78, 5) is 11.2. The Morgan fingerprint density at radius 2 is 1.52 bits per heavy atom. The van der Waals surface area contributed by atoms with Crippen LogP contribution in [0.25, 0.3) is 21.9 Å². The molecule has 27 heavy (non-hydrogen) atoms. The quantitative estimate of drug-likeness (QED) is 0.551. The molecule has 1 aromatic heterocycles. The summed E-state index contributed by atoms with van der Waals surface area (Å²) in [5.74, 6) is -0.220. The van der Waals surface area contributed by atoms with Crippen molar-refractivity contribution in [3.8, 4) is 0 Å². The third-order valence-electron chi connectivity index (χ3n) is 4.12.